The molecule has 0 fully saturated rings. The predicted molar refractivity (Wildman–Crippen MR) is 120 cm³/mol. The molecule has 0 saturated heterocycles. The molecule has 5 nitrogen and oxygen atoms in total. The first kappa shape index (κ1) is 22.2. The van der Waals surface area contributed by atoms with Crippen molar-refractivity contribution in [3.8, 4) is 17.2 Å². The smallest absolute Gasteiger partial charge is 0.307 e. The Morgan fingerprint density at radius 3 is 2.19 bits per heavy atom. The van der Waals surface area contributed by atoms with E-state index in [2.05, 4.69) is 6.92 Å². The van der Waals surface area contributed by atoms with Crippen LogP contribution in [-0.2, 0) is 30.8 Å². The van der Waals surface area contributed by atoms with E-state index < -0.39 is 5.97 Å². The van der Waals surface area contributed by atoms with E-state index in [0.29, 0.717) is 24.7 Å². The van der Waals surface area contributed by atoms with Crippen molar-refractivity contribution in [1.82, 2.24) is 0 Å². The fraction of sp³-hybridized carbons (Fsp3) is 0.269. The third kappa shape index (κ3) is 6.51. The highest BCUT2D eigenvalue weighted by Gasteiger charge is 2.15. The largest absolute Gasteiger partial charge is 0.497 e. The first-order valence-corrected chi connectivity index (χ1v) is 10.4. The maximum absolute atomic E-state index is 11.3. The fourth-order valence-electron chi connectivity index (χ4n) is 3.36. The molecule has 0 radical (unpaired) electrons. The van der Waals surface area contributed by atoms with Crippen LogP contribution in [0, 0.1) is 0 Å². The zero-order valence-electron chi connectivity index (χ0n) is 18.0. The van der Waals surface area contributed by atoms with Crippen molar-refractivity contribution in [2.75, 3.05) is 7.11 Å². The standard InChI is InChI=1S/C26H28O5/c1-3-7-24-21(15-26(27)28)14-23(29-2)16-25(24)31-18-20-10-12-22(13-11-20)30-17-19-8-5-4-6-9-19/h4-6,8-14,16H,3,7,15,17-18H2,1-2H3,(H,27,28). The Kier molecular flexibility index (Phi) is 7.93. The van der Waals surface area contributed by atoms with E-state index in [0.717, 1.165) is 40.8 Å². The van der Waals surface area contributed by atoms with Crippen LogP contribution in [0.1, 0.15) is 35.6 Å². The van der Waals surface area contributed by atoms with Crippen LogP contribution in [0.5, 0.6) is 17.2 Å². The quantitative estimate of drug-likeness (QED) is 0.448. The first-order valence-electron chi connectivity index (χ1n) is 10.4. The molecule has 0 atom stereocenters. The highest BCUT2D eigenvalue weighted by molar-refractivity contribution is 5.71. The third-order valence-electron chi connectivity index (χ3n) is 4.92. The molecule has 3 rings (SSSR count). The van der Waals surface area contributed by atoms with Gasteiger partial charge in [0.2, 0.25) is 0 Å². The van der Waals surface area contributed by atoms with E-state index in [9.17, 15) is 9.90 Å². The number of carboxylic acid groups (broad SMARTS) is 1. The van der Waals surface area contributed by atoms with Crippen LogP contribution in [0.25, 0.3) is 0 Å². The highest BCUT2D eigenvalue weighted by atomic mass is 16.5. The van der Waals surface area contributed by atoms with Crippen LogP contribution in [0.15, 0.2) is 66.7 Å². The number of ether oxygens (including phenoxy) is 3. The average Bonchev–Trinajstić information content (AvgIpc) is 2.79. The van der Waals surface area contributed by atoms with Gasteiger partial charge in [-0.15, -0.1) is 0 Å². The van der Waals surface area contributed by atoms with Crippen molar-refractivity contribution in [3.05, 3.63) is 89.0 Å². The number of aliphatic carboxylic acids is 1. The molecule has 0 unspecified atom stereocenters. The predicted octanol–water partition coefficient (Wildman–Crippen LogP) is 5.43. The van der Waals surface area contributed by atoms with E-state index >= 15 is 0 Å². The maximum Gasteiger partial charge on any atom is 0.307 e. The van der Waals surface area contributed by atoms with Gasteiger partial charge in [-0.2, -0.15) is 0 Å². The molecule has 0 aliphatic rings. The number of hydrogen-bond acceptors (Lipinski definition) is 4. The lowest BCUT2D eigenvalue weighted by atomic mass is 9.99. The van der Waals surface area contributed by atoms with Crippen molar-refractivity contribution in [1.29, 1.82) is 0 Å². The van der Waals surface area contributed by atoms with Crippen molar-refractivity contribution in [2.45, 2.75) is 39.4 Å². The highest BCUT2D eigenvalue weighted by Crippen LogP contribution is 2.31. The van der Waals surface area contributed by atoms with Gasteiger partial charge in [0.15, 0.2) is 0 Å². The Morgan fingerprint density at radius 1 is 0.871 bits per heavy atom. The summed E-state index contributed by atoms with van der Waals surface area (Å²) >= 11 is 0. The summed E-state index contributed by atoms with van der Waals surface area (Å²) in [7, 11) is 1.57. The normalized spacial score (nSPS) is 10.5. The number of rotatable bonds is 11. The van der Waals surface area contributed by atoms with Gasteiger partial charge in [-0.1, -0.05) is 55.8 Å². The minimum absolute atomic E-state index is 0.0592. The molecule has 1 N–H and O–H groups in total. The molecule has 3 aromatic carbocycles. The van der Waals surface area contributed by atoms with E-state index in [1.54, 1.807) is 13.2 Å². The van der Waals surface area contributed by atoms with Crippen molar-refractivity contribution < 1.29 is 24.1 Å². The van der Waals surface area contributed by atoms with Gasteiger partial charge in [0, 0.05) is 6.07 Å². The molecule has 0 aliphatic carbocycles. The molecule has 0 heterocycles. The summed E-state index contributed by atoms with van der Waals surface area (Å²) in [6.07, 6.45) is 1.58. The summed E-state index contributed by atoms with van der Waals surface area (Å²) in [5.41, 5.74) is 3.77. The van der Waals surface area contributed by atoms with Gasteiger partial charge in [0.05, 0.1) is 13.5 Å². The monoisotopic (exact) mass is 420 g/mol. The average molecular weight is 421 g/mol. The van der Waals surface area contributed by atoms with E-state index in [1.807, 2.05) is 60.7 Å². The van der Waals surface area contributed by atoms with E-state index in [-0.39, 0.29) is 6.42 Å². The lowest BCUT2D eigenvalue weighted by molar-refractivity contribution is -0.136. The molecule has 162 valence electrons. The third-order valence-corrected chi connectivity index (χ3v) is 4.92. The summed E-state index contributed by atoms with van der Waals surface area (Å²) in [5.74, 6) is 1.18. The first-order chi connectivity index (χ1) is 15.1. The molecule has 3 aromatic rings. The van der Waals surface area contributed by atoms with Crippen LogP contribution in [-0.4, -0.2) is 18.2 Å². The maximum atomic E-state index is 11.3. The Hall–Kier alpha value is -3.47. The molecule has 5 heteroatoms. The lowest BCUT2D eigenvalue weighted by Gasteiger charge is -2.17. The summed E-state index contributed by atoms with van der Waals surface area (Å²) in [6, 6.07) is 21.4. The summed E-state index contributed by atoms with van der Waals surface area (Å²) < 4.78 is 17.3. The summed E-state index contributed by atoms with van der Waals surface area (Å²) in [6.45, 7) is 2.95. The fourth-order valence-corrected chi connectivity index (χ4v) is 3.36. The van der Waals surface area contributed by atoms with Gasteiger partial charge in [-0.25, -0.2) is 0 Å². The number of benzene rings is 3. The molecular formula is C26H28O5. The van der Waals surface area contributed by atoms with Crippen molar-refractivity contribution >= 4 is 5.97 Å². The molecule has 0 saturated carbocycles. The number of carboxylic acids is 1. The minimum Gasteiger partial charge on any atom is -0.497 e. The molecule has 31 heavy (non-hydrogen) atoms. The second kappa shape index (κ2) is 11.1. The molecule has 0 aromatic heterocycles. The second-order valence-electron chi connectivity index (χ2n) is 7.29. The molecule has 0 spiro atoms. The topological polar surface area (TPSA) is 65.0 Å². The molecular weight excluding hydrogens is 392 g/mol. The van der Waals surface area contributed by atoms with Gasteiger partial charge in [0.25, 0.3) is 0 Å². The van der Waals surface area contributed by atoms with Gasteiger partial charge in [-0.3, -0.25) is 4.79 Å². The SMILES string of the molecule is CCCc1c(CC(=O)O)cc(OC)cc1OCc1ccc(OCc2ccccc2)cc1. The Balaban J connectivity index is 1.68. The van der Waals surface area contributed by atoms with Gasteiger partial charge >= 0.3 is 5.97 Å². The number of carbonyl (C=O) groups is 1. The van der Waals surface area contributed by atoms with E-state index in [1.165, 1.54) is 0 Å². The Labute approximate surface area is 183 Å². The summed E-state index contributed by atoms with van der Waals surface area (Å²) in [5, 5.41) is 9.27. The molecule has 0 bridgehead atoms. The minimum atomic E-state index is -0.873. The van der Waals surface area contributed by atoms with Crippen LogP contribution in [0.4, 0.5) is 0 Å². The van der Waals surface area contributed by atoms with Crippen molar-refractivity contribution in [3.63, 3.8) is 0 Å². The summed E-state index contributed by atoms with van der Waals surface area (Å²) in [4.78, 5) is 11.3. The van der Waals surface area contributed by atoms with Crippen LogP contribution in [0.3, 0.4) is 0 Å². The zero-order valence-corrected chi connectivity index (χ0v) is 18.0. The van der Waals surface area contributed by atoms with Gasteiger partial charge in [-0.05, 0) is 46.9 Å². The number of methoxy groups -OCH3 is 1. The Morgan fingerprint density at radius 2 is 1.55 bits per heavy atom. The van der Waals surface area contributed by atoms with Gasteiger partial charge < -0.3 is 19.3 Å². The second-order valence-corrected chi connectivity index (χ2v) is 7.29. The molecule has 0 amide bonds. The Bertz CT molecular complexity index is 981. The number of hydrogen-bond donors (Lipinski definition) is 1. The van der Waals surface area contributed by atoms with Crippen LogP contribution < -0.4 is 14.2 Å². The zero-order chi connectivity index (χ0) is 22.1. The van der Waals surface area contributed by atoms with Crippen molar-refractivity contribution in [2.24, 2.45) is 0 Å². The van der Waals surface area contributed by atoms with E-state index in [4.69, 9.17) is 14.2 Å². The molecule has 0 aliphatic heterocycles. The lowest BCUT2D eigenvalue weighted by Crippen LogP contribution is -2.07. The van der Waals surface area contributed by atoms with Crippen LogP contribution >= 0.6 is 0 Å². The van der Waals surface area contributed by atoms with Gasteiger partial charge in [0.1, 0.15) is 30.5 Å². The van der Waals surface area contributed by atoms with Crippen LogP contribution in [0.2, 0.25) is 0 Å².